The second kappa shape index (κ2) is 6.18. The fourth-order valence-electron chi connectivity index (χ4n) is 2.12. The van der Waals surface area contributed by atoms with Gasteiger partial charge in [0.2, 0.25) is 0 Å². The Hall–Kier alpha value is -2.73. The van der Waals surface area contributed by atoms with E-state index in [2.05, 4.69) is 15.6 Å². The van der Waals surface area contributed by atoms with Gasteiger partial charge in [0, 0.05) is 10.7 Å². The first kappa shape index (κ1) is 15.2. The summed E-state index contributed by atoms with van der Waals surface area (Å²) >= 11 is 5.81. The molecule has 3 aromatic rings. The van der Waals surface area contributed by atoms with Crippen molar-refractivity contribution in [1.82, 2.24) is 15.0 Å². The van der Waals surface area contributed by atoms with Crippen LogP contribution >= 0.6 is 11.6 Å². The Morgan fingerprint density at radius 1 is 1.22 bits per heavy atom. The maximum absolute atomic E-state index is 13.3. The molecule has 5 nitrogen and oxygen atoms in total. The van der Waals surface area contributed by atoms with Crippen molar-refractivity contribution < 1.29 is 9.18 Å². The van der Waals surface area contributed by atoms with Gasteiger partial charge in [-0.1, -0.05) is 22.9 Å². The molecule has 116 valence electrons. The van der Waals surface area contributed by atoms with Crippen LogP contribution in [0.25, 0.3) is 5.69 Å². The molecule has 3 rings (SSSR count). The molecule has 1 amide bonds. The molecular weight excluding hydrogens is 319 g/mol. The Labute approximate surface area is 136 Å². The molecule has 0 aliphatic heterocycles. The number of benzene rings is 2. The van der Waals surface area contributed by atoms with E-state index in [0.717, 1.165) is 0 Å². The van der Waals surface area contributed by atoms with Crippen molar-refractivity contribution in [3.63, 3.8) is 0 Å². The average Bonchev–Trinajstić information content (AvgIpc) is 2.91. The molecule has 0 atom stereocenters. The molecule has 0 saturated heterocycles. The van der Waals surface area contributed by atoms with Gasteiger partial charge in [0.25, 0.3) is 5.91 Å². The summed E-state index contributed by atoms with van der Waals surface area (Å²) in [6.07, 6.45) is 0. The van der Waals surface area contributed by atoms with E-state index in [4.69, 9.17) is 11.6 Å². The molecule has 1 aromatic heterocycles. The van der Waals surface area contributed by atoms with Crippen molar-refractivity contribution in [2.75, 3.05) is 5.32 Å². The number of carbonyl (C=O) groups is 1. The Balaban J connectivity index is 1.86. The van der Waals surface area contributed by atoms with Gasteiger partial charge in [-0.15, -0.1) is 5.10 Å². The third kappa shape index (κ3) is 3.22. The van der Waals surface area contributed by atoms with Crippen molar-refractivity contribution >= 4 is 23.2 Å². The molecule has 1 heterocycles. The van der Waals surface area contributed by atoms with Gasteiger partial charge in [0.1, 0.15) is 5.82 Å². The first-order valence-electron chi connectivity index (χ1n) is 6.80. The highest BCUT2D eigenvalue weighted by Gasteiger charge is 2.17. The standard InChI is InChI=1S/C16H12ClFN4O/c1-10-15(16(23)19-13-7-5-11(17)6-8-13)20-21-22(10)14-4-2-3-12(18)9-14/h2-9H,1H3,(H,19,23). The van der Waals surface area contributed by atoms with E-state index in [1.165, 1.54) is 16.8 Å². The predicted octanol–water partition coefficient (Wildman–Crippen LogP) is 3.62. The van der Waals surface area contributed by atoms with Crippen LogP contribution in [-0.2, 0) is 0 Å². The minimum Gasteiger partial charge on any atom is -0.321 e. The van der Waals surface area contributed by atoms with Gasteiger partial charge in [-0.3, -0.25) is 4.79 Å². The third-order valence-corrected chi connectivity index (χ3v) is 3.52. The normalized spacial score (nSPS) is 10.6. The van der Waals surface area contributed by atoms with E-state index in [1.54, 1.807) is 43.3 Å². The molecular formula is C16H12ClFN4O. The second-order valence-electron chi connectivity index (χ2n) is 4.88. The molecule has 0 bridgehead atoms. The zero-order valence-electron chi connectivity index (χ0n) is 12.1. The highest BCUT2D eigenvalue weighted by Crippen LogP contribution is 2.17. The van der Waals surface area contributed by atoms with Crippen LogP contribution in [0.3, 0.4) is 0 Å². The van der Waals surface area contributed by atoms with E-state index in [1.807, 2.05) is 0 Å². The largest absolute Gasteiger partial charge is 0.321 e. The molecule has 0 spiro atoms. The number of nitrogens with one attached hydrogen (secondary N) is 1. The number of halogens is 2. The van der Waals surface area contributed by atoms with Crippen LogP contribution in [0.4, 0.5) is 10.1 Å². The van der Waals surface area contributed by atoms with Gasteiger partial charge in [0.15, 0.2) is 5.69 Å². The Morgan fingerprint density at radius 3 is 2.65 bits per heavy atom. The summed E-state index contributed by atoms with van der Waals surface area (Å²) < 4.78 is 14.7. The zero-order chi connectivity index (χ0) is 16.4. The van der Waals surface area contributed by atoms with Crippen LogP contribution in [0, 0.1) is 12.7 Å². The monoisotopic (exact) mass is 330 g/mol. The van der Waals surface area contributed by atoms with E-state index in [9.17, 15) is 9.18 Å². The van der Waals surface area contributed by atoms with Gasteiger partial charge in [-0.05, 0) is 49.4 Å². The topological polar surface area (TPSA) is 59.8 Å². The maximum atomic E-state index is 13.3. The van der Waals surface area contributed by atoms with E-state index in [0.29, 0.717) is 22.1 Å². The first-order valence-corrected chi connectivity index (χ1v) is 7.17. The van der Waals surface area contributed by atoms with E-state index >= 15 is 0 Å². The van der Waals surface area contributed by atoms with Crippen molar-refractivity contribution in [2.24, 2.45) is 0 Å². The van der Waals surface area contributed by atoms with Crippen molar-refractivity contribution in [1.29, 1.82) is 0 Å². The highest BCUT2D eigenvalue weighted by molar-refractivity contribution is 6.30. The van der Waals surface area contributed by atoms with E-state index < -0.39 is 5.91 Å². The van der Waals surface area contributed by atoms with Crippen LogP contribution in [0.15, 0.2) is 48.5 Å². The average molecular weight is 331 g/mol. The predicted molar refractivity (Wildman–Crippen MR) is 85.5 cm³/mol. The summed E-state index contributed by atoms with van der Waals surface area (Å²) in [5, 5.41) is 11.1. The van der Waals surface area contributed by atoms with Crippen molar-refractivity contribution in [2.45, 2.75) is 6.92 Å². The molecule has 0 aliphatic rings. The minimum absolute atomic E-state index is 0.171. The lowest BCUT2D eigenvalue weighted by atomic mass is 10.2. The lowest BCUT2D eigenvalue weighted by Crippen LogP contribution is -2.14. The Morgan fingerprint density at radius 2 is 1.96 bits per heavy atom. The van der Waals surface area contributed by atoms with Gasteiger partial charge in [0.05, 0.1) is 11.4 Å². The summed E-state index contributed by atoms with van der Waals surface area (Å²) in [7, 11) is 0. The van der Waals surface area contributed by atoms with Crippen LogP contribution in [0.1, 0.15) is 16.2 Å². The third-order valence-electron chi connectivity index (χ3n) is 3.26. The quantitative estimate of drug-likeness (QED) is 0.798. The van der Waals surface area contributed by atoms with Crippen LogP contribution in [0.2, 0.25) is 5.02 Å². The lowest BCUT2D eigenvalue weighted by molar-refractivity contribution is 0.102. The first-order chi connectivity index (χ1) is 11.0. The van der Waals surface area contributed by atoms with Gasteiger partial charge >= 0.3 is 0 Å². The molecule has 0 aliphatic carbocycles. The summed E-state index contributed by atoms with van der Waals surface area (Å²) in [5.41, 5.74) is 1.78. The van der Waals surface area contributed by atoms with Gasteiger partial charge in [-0.2, -0.15) is 0 Å². The maximum Gasteiger partial charge on any atom is 0.278 e. The molecule has 0 radical (unpaired) electrons. The van der Waals surface area contributed by atoms with Gasteiger partial charge < -0.3 is 5.32 Å². The Bertz CT molecular complexity index is 861. The number of carbonyl (C=O) groups excluding carboxylic acids is 1. The zero-order valence-corrected chi connectivity index (χ0v) is 12.9. The summed E-state index contributed by atoms with van der Waals surface area (Å²) in [4.78, 5) is 12.3. The number of rotatable bonds is 3. The fraction of sp³-hybridized carbons (Fsp3) is 0.0625. The smallest absolute Gasteiger partial charge is 0.278 e. The van der Waals surface area contributed by atoms with E-state index in [-0.39, 0.29) is 11.5 Å². The number of hydrogen-bond donors (Lipinski definition) is 1. The van der Waals surface area contributed by atoms with Crippen LogP contribution in [-0.4, -0.2) is 20.9 Å². The summed E-state index contributed by atoms with van der Waals surface area (Å²) in [5.74, 6) is -0.781. The van der Waals surface area contributed by atoms with Crippen molar-refractivity contribution in [3.8, 4) is 5.69 Å². The number of aromatic nitrogens is 3. The number of hydrogen-bond acceptors (Lipinski definition) is 3. The number of anilines is 1. The van der Waals surface area contributed by atoms with Crippen molar-refractivity contribution in [3.05, 3.63) is 70.8 Å². The minimum atomic E-state index is -0.396. The summed E-state index contributed by atoms with van der Waals surface area (Å²) in [6, 6.07) is 12.6. The second-order valence-corrected chi connectivity index (χ2v) is 5.31. The highest BCUT2D eigenvalue weighted by atomic mass is 35.5. The molecule has 0 fully saturated rings. The molecule has 23 heavy (non-hydrogen) atoms. The van der Waals surface area contributed by atoms with Gasteiger partial charge in [-0.25, -0.2) is 9.07 Å². The molecule has 1 N–H and O–H groups in total. The lowest BCUT2D eigenvalue weighted by Gasteiger charge is -2.05. The Kier molecular flexibility index (Phi) is 4.08. The SMILES string of the molecule is Cc1c(C(=O)Nc2ccc(Cl)cc2)nnn1-c1cccc(F)c1. The number of nitrogens with zero attached hydrogens (tertiary/aromatic N) is 3. The molecule has 0 unspecified atom stereocenters. The molecule has 2 aromatic carbocycles. The molecule has 0 saturated carbocycles. The summed E-state index contributed by atoms with van der Waals surface area (Å²) in [6.45, 7) is 1.70. The van der Waals surface area contributed by atoms with Crippen LogP contribution < -0.4 is 5.32 Å². The fourth-order valence-corrected chi connectivity index (χ4v) is 2.24. The molecule has 7 heteroatoms. The number of amides is 1. The van der Waals surface area contributed by atoms with Crippen LogP contribution in [0.5, 0.6) is 0 Å².